The molecule has 0 amide bonds. The van der Waals surface area contributed by atoms with Crippen LogP contribution in [0.4, 0.5) is 0 Å². The van der Waals surface area contributed by atoms with Gasteiger partial charge in [-0.15, -0.1) is 0 Å². The van der Waals surface area contributed by atoms with Gasteiger partial charge in [0.1, 0.15) is 26.3 Å². The van der Waals surface area contributed by atoms with Crippen LogP contribution >= 0.6 is 8.17 Å². The molecule has 0 aromatic rings. The predicted molar refractivity (Wildman–Crippen MR) is 224 cm³/mol. The maximum Gasteiger partial charge on any atom is 0.377 e. The lowest BCUT2D eigenvalue weighted by atomic mass is 10.1. The average molecular weight is 800 g/mol. The number of unbranched alkanes of at least 4 members (excludes halogenated alkanes) is 22. The topological polar surface area (TPSA) is 114 Å². The molecule has 54 heavy (non-hydrogen) atoms. The quantitative estimate of drug-likeness (QED) is 0.0214. The Morgan fingerprint density at radius 2 is 1.04 bits per heavy atom. The standard InChI is InChI=1S/C44H84NO8P/c1-6-8-10-12-14-16-18-20-22-24-26-28-30-32-34-36-43(46)50-40-42(41-52-54(48,49)51-39-38-45(3,4)5)53-44(47)37-35-33-31-29-27-25-23-21-19-17-15-13-11-9-7-2/h20-23,42H,6-19,24-41H2,1-5H3/p+1/b22-20-,23-21-/t42-/m1/s1/i3D3,4D3,5D3,38D2,39D2. The maximum atomic E-state index is 13.1. The van der Waals surface area contributed by atoms with Crippen LogP contribution in [-0.2, 0) is 28.1 Å². The first kappa shape index (κ1) is 33.6. The number of rotatable bonds is 40. The van der Waals surface area contributed by atoms with Gasteiger partial charge in [-0.3, -0.25) is 9.59 Å². The summed E-state index contributed by atoms with van der Waals surface area (Å²) in [5.74, 6) is -1.42. The zero-order valence-electron chi connectivity index (χ0n) is 46.8. The number of carbonyl (C=O) groups is 2. The minimum Gasteiger partial charge on any atom is -0.606 e. The van der Waals surface area contributed by atoms with Crippen molar-refractivity contribution in [3.8, 4) is 0 Å². The lowest BCUT2D eigenvalue weighted by molar-refractivity contribution is -0.870. The van der Waals surface area contributed by atoms with Gasteiger partial charge >= 0.3 is 20.1 Å². The molecule has 0 saturated carbocycles. The van der Waals surface area contributed by atoms with E-state index in [2.05, 4.69) is 42.7 Å². The summed E-state index contributed by atoms with van der Waals surface area (Å²) in [6.45, 7) is -19.2. The SMILES string of the molecule is [2H]C([2H])(O[P+]([O-])(O)OC[C@@H](COC(=O)CCCCCCC/C=C\CCCCCCCC)OC(=O)CCCCCCC/C=C\CCCCCCCC)C([2H])([2H])[N+](C([2H])([2H])[2H])(C([2H])([2H])[2H])C([2H])([2H])[2H]. The van der Waals surface area contributed by atoms with Crippen molar-refractivity contribution in [3.05, 3.63) is 24.3 Å². The fourth-order valence-electron chi connectivity index (χ4n) is 5.65. The summed E-state index contributed by atoms with van der Waals surface area (Å²) in [4.78, 5) is 49.1. The average Bonchev–Trinajstić information content (AvgIpc) is 3.19. The van der Waals surface area contributed by atoms with Crippen LogP contribution in [0, 0.1) is 0 Å². The van der Waals surface area contributed by atoms with Gasteiger partial charge < -0.3 is 18.9 Å². The number of allylic oxidation sites excluding steroid dienone is 4. The lowest BCUT2D eigenvalue weighted by Gasteiger charge is -2.26. The summed E-state index contributed by atoms with van der Waals surface area (Å²) in [5.41, 5.74) is 0. The maximum absolute atomic E-state index is 13.1. The fourth-order valence-corrected chi connectivity index (χ4v) is 6.21. The second-order valence-electron chi connectivity index (χ2n) is 14.2. The van der Waals surface area contributed by atoms with Crippen LogP contribution in [0.1, 0.15) is 211 Å². The summed E-state index contributed by atoms with van der Waals surface area (Å²) >= 11 is 0. The van der Waals surface area contributed by atoms with Crippen LogP contribution in [0.25, 0.3) is 0 Å². The van der Waals surface area contributed by atoms with Crippen molar-refractivity contribution >= 4 is 20.1 Å². The largest absolute Gasteiger partial charge is 0.606 e. The van der Waals surface area contributed by atoms with Gasteiger partial charge in [-0.2, -0.15) is 13.9 Å². The van der Waals surface area contributed by atoms with E-state index < -0.39 is 77.9 Å². The second kappa shape index (κ2) is 37.2. The highest BCUT2D eigenvalue weighted by molar-refractivity contribution is 7.52. The van der Waals surface area contributed by atoms with E-state index in [0.29, 0.717) is 19.3 Å². The molecule has 0 aliphatic heterocycles. The molecule has 0 aromatic heterocycles. The molecular weight excluding hydrogens is 701 g/mol. The van der Waals surface area contributed by atoms with Crippen molar-refractivity contribution in [1.29, 1.82) is 0 Å². The van der Waals surface area contributed by atoms with E-state index in [-0.39, 0.29) is 12.8 Å². The van der Waals surface area contributed by atoms with Crippen LogP contribution in [0.5, 0.6) is 0 Å². The number of hydrogen-bond donors (Lipinski definition) is 1. The molecule has 0 aliphatic rings. The molecule has 0 heterocycles. The van der Waals surface area contributed by atoms with Crippen LogP contribution in [0.2, 0.25) is 0 Å². The first-order chi connectivity index (χ1) is 31.2. The molecule has 0 saturated heterocycles. The number of hydrogen-bond acceptors (Lipinski definition) is 8. The summed E-state index contributed by atoms with van der Waals surface area (Å²) in [6.07, 6.45) is 34.8. The molecule has 1 N–H and O–H groups in total. The third kappa shape index (κ3) is 40.3. The van der Waals surface area contributed by atoms with E-state index >= 15 is 0 Å². The summed E-state index contributed by atoms with van der Waals surface area (Å²) in [5, 5.41) is 0. The molecule has 0 aliphatic carbocycles. The molecule has 9 nitrogen and oxygen atoms in total. The number of likely N-dealkylation sites (N-methyl/N-ethyl adjacent to an activating group) is 1. The molecule has 2 atom stereocenters. The van der Waals surface area contributed by atoms with Gasteiger partial charge in [0.15, 0.2) is 6.10 Å². The van der Waals surface area contributed by atoms with E-state index in [9.17, 15) is 19.4 Å². The van der Waals surface area contributed by atoms with Crippen LogP contribution in [0.15, 0.2) is 24.3 Å². The van der Waals surface area contributed by atoms with Crippen LogP contribution in [0.3, 0.4) is 0 Å². The van der Waals surface area contributed by atoms with E-state index in [0.717, 1.165) is 70.6 Å². The number of phosphoric ester groups is 1. The minimum atomic E-state index is -5.90. The smallest absolute Gasteiger partial charge is 0.377 e. The third-order valence-electron chi connectivity index (χ3n) is 8.81. The highest BCUT2D eigenvalue weighted by Gasteiger charge is 2.31. The highest BCUT2D eigenvalue weighted by Crippen LogP contribution is 2.47. The molecule has 0 rings (SSSR count). The van der Waals surface area contributed by atoms with Gasteiger partial charge in [-0.25, -0.2) is 0 Å². The second-order valence-corrected chi connectivity index (χ2v) is 15.6. The first-order valence-corrected chi connectivity index (χ1v) is 22.5. The van der Waals surface area contributed by atoms with Gasteiger partial charge in [-0.05, 0) is 64.2 Å². The number of phosphoric acid groups is 1. The van der Waals surface area contributed by atoms with Gasteiger partial charge in [0.05, 0.1) is 38.7 Å². The monoisotopic (exact) mass is 800 g/mol. The molecule has 0 aromatic carbocycles. The van der Waals surface area contributed by atoms with Gasteiger partial charge in [0.2, 0.25) is 0 Å². The third-order valence-corrected chi connectivity index (χ3v) is 9.61. The zero-order chi connectivity index (χ0) is 51.1. The highest BCUT2D eigenvalue weighted by atomic mass is 31.2. The van der Waals surface area contributed by atoms with E-state index in [1.807, 2.05) is 0 Å². The number of esters is 2. The Hall–Kier alpha value is -1.35. The molecule has 0 radical (unpaired) electrons. The Labute approximate surface area is 351 Å². The Kier molecular flexibility index (Phi) is 23.2. The Bertz CT molecular complexity index is 1340. The molecule has 0 fully saturated rings. The van der Waals surface area contributed by atoms with Gasteiger partial charge in [0, 0.05) is 12.8 Å². The lowest BCUT2D eigenvalue weighted by Crippen LogP contribution is -2.38. The van der Waals surface area contributed by atoms with Crippen molar-refractivity contribution in [2.24, 2.45) is 0 Å². The van der Waals surface area contributed by atoms with Gasteiger partial charge in [0.25, 0.3) is 0 Å². The summed E-state index contributed by atoms with van der Waals surface area (Å²) in [7, 11) is -5.90. The van der Waals surface area contributed by atoms with Gasteiger partial charge in [-0.1, -0.05) is 141 Å². The van der Waals surface area contributed by atoms with Crippen molar-refractivity contribution in [2.45, 2.75) is 200 Å². The Morgan fingerprint density at radius 1 is 0.630 bits per heavy atom. The molecular formula is C44H85NO8P+. The van der Waals surface area contributed by atoms with Crippen molar-refractivity contribution in [1.82, 2.24) is 0 Å². The predicted octanol–water partition coefficient (Wildman–Crippen LogP) is 11.3. The first-order valence-electron chi connectivity index (χ1n) is 27.5. The number of carbonyl (C=O) groups excluding carboxylic acids is 2. The number of quaternary nitrogens is 1. The normalized spacial score (nSPS) is 18.6. The van der Waals surface area contributed by atoms with Crippen molar-refractivity contribution < 1.29 is 60.2 Å². The molecule has 10 heteroatoms. The van der Waals surface area contributed by atoms with E-state index in [4.69, 9.17) is 31.8 Å². The number of nitrogens with zero attached hydrogens (tertiary/aromatic N) is 1. The molecule has 318 valence electrons. The molecule has 0 spiro atoms. The zero-order valence-corrected chi connectivity index (χ0v) is 34.7. The fraction of sp³-hybridized carbons (Fsp3) is 0.864. The number of ether oxygens (including phenoxy) is 2. The van der Waals surface area contributed by atoms with Crippen molar-refractivity contribution in [2.75, 3.05) is 47.2 Å². The van der Waals surface area contributed by atoms with Crippen LogP contribution in [-0.4, -0.2) is 74.6 Å². The Morgan fingerprint density at radius 3 is 1.48 bits per heavy atom. The van der Waals surface area contributed by atoms with Crippen molar-refractivity contribution in [3.63, 3.8) is 0 Å². The summed E-state index contributed by atoms with van der Waals surface area (Å²) in [6, 6.07) is 0. The Balaban J connectivity index is 5.40. The van der Waals surface area contributed by atoms with E-state index in [1.165, 1.54) is 77.0 Å². The minimum absolute atomic E-state index is 0.0297. The molecule has 1 unspecified atom stereocenters. The summed E-state index contributed by atoms with van der Waals surface area (Å²) < 4.78 is 119. The van der Waals surface area contributed by atoms with E-state index in [1.54, 1.807) is 0 Å². The van der Waals surface area contributed by atoms with Crippen LogP contribution < -0.4 is 4.89 Å². The molecule has 0 bridgehead atoms.